The molecule has 0 unspecified atom stereocenters. The van der Waals surface area contributed by atoms with E-state index in [0.29, 0.717) is 22.8 Å². The maximum absolute atomic E-state index is 11.3. The van der Waals surface area contributed by atoms with Gasteiger partial charge in [0.25, 0.3) is 5.69 Å². The van der Waals surface area contributed by atoms with Crippen LogP contribution in [0, 0.1) is 17.0 Å². The second kappa shape index (κ2) is 4.97. The van der Waals surface area contributed by atoms with Gasteiger partial charge in [0.1, 0.15) is 5.82 Å². The predicted molar refractivity (Wildman–Crippen MR) is 77.8 cm³/mol. The topological polar surface area (TPSA) is 73.8 Å². The molecule has 1 aromatic heterocycles. The van der Waals surface area contributed by atoms with E-state index in [0.717, 1.165) is 24.2 Å². The van der Waals surface area contributed by atoms with Gasteiger partial charge in [0.05, 0.1) is 15.8 Å². The smallest absolute Gasteiger partial charge is 0.280 e. The first-order valence-corrected chi connectivity index (χ1v) is 7.49. The minimum Gasteiger partial charge on any atom is -0.307 e. The molecule has 0 spiro atoms. The molecule has 7 heteroatoms. The average Bonchev–Trinajstić information content (AvgIpc) is 3.18. The number of rotatable bonds is 4. The third-order valence-electron chi connectivity index (χ3n) is 3.47. The van der Waals surface area contributed by atoms with Gasteiger partial charge in [-0.05, 0) is 25.3 Å². The van der Waals surface area contributed by atoms with Crippen LogP contribution in [0.3, 0.4) is 0 Å². The second-order valence-corrected chi connectivity index (χ2v) is 5.46. The normalized spacial score (nSPS) is 14.5. The van der Waals surface area contributed by atoms with E-state index in [2.05, 4.69) is 26.1 Å². The molecule has 1 aliphatic carbocycles. The van der Waals surface area contributed by atoms with Gasteiger partial charge in [-0.1, -0.05) is 28.1 Å². The van der Waals surface area contributed by atoms with E-state index < -0.39 is 0 Å². The summed E-state index contributed by atoms with van der Waals surface area (Å²) in [5.41, 5.74) is 1.50. The molecule has 0 saturated heterocycles. The number of nitrogens with zero attached hydrogens (tertiary/aromatic N) is 4. The zero-order chi connectivity index (χ0) is 14.3. The summed E-state index contributed by atoms with van der Waals surface area (Å²) in [5, 5.41) is 20.2. The lowest BCUT2D eigenvalue weighted by atomic mass is 10.1. The van der Waals surface area contributed by atoms with Crippen molar-refractivity contribution in [3.63, 3.8) is 0 Å². The van der Waals surface area contributed by atoms with Crippen LogP contribution in [0.25, 0.3) is 11.4 Å². The summed E-state index contributed by atoms with van der Waals surface area (Å²) in [6.07, 6.45) is 2.15. The van der Waals surface area contributed by atoms with Gasteiger partial charge in [-0.15, -0.1) is 10.2 Å². The van der Waals surface area contributed by atoms with Gasteiger partial charge in [0.2, 0.25) is 0 Å². The van der Waals surface area contributed by atoms with E-state index in [1.807, 2.05) is 17.6 Å². The molecular weight excluding hydrogens is 324 g/mol. The third kappa shape index (κ3) is 2.11. The fraction of sp³-hybridized carbons (Fsp3) is 0.385. The molecule has 0 atom stereocenters. The highest BCUT2D eigenvalue weighted by Gasteiger charge is 2.32. The van der Waals surface area contributed by atoms with Gasteiger partial charge in [-0.25, -0.2) is 0 Å². The first-order valence-electron chi connectivity index (χ1n) is 6.37. The van der Waals surface area contributed by atoms with Crippen LogP contribution < -0.4 is 0 Å². The number of aryl methyl sites for hydroxylation is 1. The Morgan fingerprint density at radius 1 is 1.45 bits per heavy atom. The molecule has 2 aromatic rings. The quantitative estimate of drug-likeness (QED) is 0.487. The number of hydrogen-bond donors (Lipinski definition) is 0. The van der Waals surface area contributed by atoms with E-state index in [4.69, 9.17) is 0 Å². The Balaban J connectivity index is 2.24. The van der Waals surface area contributed by atoms with Crippen LogP contribution in [0.2, 0.25) is 0 Å². The summed E-state index contributed by atoms with van der Waals surface area (Å²) >= 11 is 3.40. The maximum Gasteiger partial charge on any atom is 0.280 e. The Hall–Kier alpha value is -1.76. The van der Waals surface area contributed by atoms with E-state index >= 15 is 0 Å². The first-order chi connectivity index (χ1) is 9.63. The van der Waals surface area contributed by atoms with Crippen LogP contribution in [-0.4, -0.2) is 19.7 Å². The lowest BCUT2D eigenvalue weighted by molar-refractivity contribution is -0.384. The van der Waals surface area contributed by atoms with Gasteiger partial charge in [-0.2, -0.15) is 0 Å². The van der Waals surface area contributed by atoms with Crippen molar-refractivity contribution in [1.29, 1.82) is 0 Å². The summed E-state index contributed by atoms with van der Waals surface area (Å²) in [6, 6.07) is 5.44. The molecule has 20 heavy (non-hydrogen) atoms. The Morgan fingerprint density at radius 3 is 2.80 bits per heavy atom. The molecule has 104 valence electrons. The molecule has 1 aromatic carbocycles. The van der Waals surface area contributed by atoms with Gasteiger partial charge in [0, 0.05) is 12.1 Å². The highest BCUT2D eigenvalue weighted by Crippen LogP contribution is 2.41. The predicted octanol–water partition coefficient (Wildman–Crippen LogP) is 3.39. The Bertz CT molecular complexity index is 679. The molecule has 3 rings (SSSR count). The van der Waals surface area contributed by atoms with Gasteiger partial charge < -0.3 is 4.57 Å². The summed E-state index contributed by atoms with van der Waals surface area (Å²) < 4.78 is 2.03. The molecule has 0 aliphatic heterocycles. The minimum absolute atomic E-state index is 0.0837. The number of nitro benzene ring substituents is 1. The second-order valence-electron chi connectivity index (χ2n) is 4.90. The van der Waals surface area contributed by atoms with Crippen molar-refractivity contribution in [2.45, 2.75) is 31.1 Å². The maximum atomic E-state index is 11.3. The molecule has 0 N–H and O–H groups in total. The zero-order valence-corrected chi connectivity index (χ0v) is 12.5. The molecule has 0 bridgehead atoms. The summed E-state index contributed by atoms with van der Waals surface area (Å²) in [7, 11) is 0. The standard InChI is InChI=1S/C13H13BrN4O2/c1-8-3-2-4-10(18(19)20)12(8)13-16-15-11(7-14)17(13)9-5-6-9/h2-4,9H,5-7H2,1H3. The third-order valence-corrected chi connectivity index (χ3v) is 3.97. The SMILES string of the molecule is Cc1cccc([N+](=O)[O-])c1-c1nnc(CBr)n1C1CC1. The molecule has 1 aliphatic rings. The summed E-state index contributed by atoms with van der Waals surface area (Å²) in [4.78, 5) is 10.9. The molecule has 0 radical (unpaired) electrons. The molecule has 1 saturated carbocycles. The summed E-state index contributed by atoms with van der Waals surface area (Å²) in [5.74, 6) is 1.42. The molecule has 6 nitrogen and oxygen atoms in total. The Kier molecular flexibility index (Phi) is 3.29. The van der Waals surface area contributed by atoms with Crippen LogP contribution in [0.4, 0.5) is 5.69 Å². The van der Waals surface area contributed by atoms with E-state index in [9.17, 15) is 10.1 Å². The van der Waals surface area contributed by atoms with Gasteiger partial charge >= 0.3 is 0 Å². The molecular formula is C13H13BrN4O2. The summed E-state index contributed by atoms with van der Waals surface area (Å²) in [6.45, 7) is 1.86. The van der Waals surface area contributed by atoms with Crippen LogP contribution in [0.15, 0.2) is 18.2 Å². The fourth-order valence-corrected chi connectivity index (χ4v) is 2.78. The Labute approximate surface area is 124 Å². The highest BCUT2D eigenvalue weighted by atomic mass is 79.9. The number of halogens is 1. The van der Waals surface area contributed by atoms with E-state index in [1.165, 1.54) is 6.07 Å². The number of alkyl halides is 1. The molecule has 0 amide bonds. The van der Waals surface area contributed by atoms with Crippen molar-refractivity contribution in [3.05, 3.63) is 39.7 Å². The van der Waals surface area contributed by atoms with Gasteiger partial charge in [0.15, 0.2) is 5.82 Å². The van der Waals surface area contributed by atoms with Crippen molar-refractivity contribution in [3.8, 4) is 11.4 Å². The lowest BCUT2D eigenvalue weighted by Crippen LogP contribution is -2.04. The van der Waals surface area contributed by atoms with Gasteiger partial charge in [-0.3, -0.25) is 10.1 Å². The zero-order valence-electron chi connectivity index (χ0n) is 10.9. The van der Waals surface area contributed by atoms with Crippen LogP contribution in [-0.2, 0) is 5.33 Å². The first kappa shape index (κ1) is 13.2. The van der Waals surface area contributed by atoms with Crippen molar-refractivity contribution < 1.29 is 4.92 Å². The van der Waals surface area contributed by atoms with Crippen molar-refractivity contribution in [2.24, 2.45) is 0 Å². The number of aromatic nitrogens is 3. The Morgan fingerprint density at radius 2 is 2.20 bits per heavy atom. The van der Waals surface area contributed by atoms with E-state index in [-0.39, 0.29) is 10.6 Å². The van der Waals surface area contributed by atoms with E-state index in [1.54, 1.807) is 6.07 Å². The van der Waals surface area contributed by atoms with Crippen LogP contribution >= 0.6 is 15.9 Å². The highest BCUT2D eigenvalue weighted by molar-refractivity contribution is 9.08. The van der Waals surface area contributed by atoms with Crippen LogP contribution in [0.1, 0.15) is 30.3 Å². The van der Waals surface area contributed by atoms with Crippen molar-refractivity contribution in [1.82, 2.24) is 14.8 Å². The largest absolute Gasteiger partial charge is 0.307 e. The molecule has 1 heterocycles. The fourth-order valence-electron chi connectivity index (χ4n) is 2.40. The monoisotopic (exact) mass is 336 g/mol. The van der Waals surface area contributed by atoms with Crippen LogP contribution in [0.5, 0.6) is 0 Å². The van der Waals surface area contributed by atoms with Crippen molar-refractivity contribution in [2.75, 3.05) is 0 Å². The average molecular weight is 337 g/mol. The lowest BCUT2D eigenvalue weighted by Gasteiger charge is -2.10. The number of benzene rings is 1. The van der Waals surface area contributed by atoms with Crippen molar-refractivity contribution >= 4 is 21.6 Å². The minimum atomic E-state index is -0.359. The number of hydrogen-bond acceptors (Lipinski definition) is 4. The number of nitro groups is 1. The molecule has 1 fully saturated rings.